The molecule has 0 radical (unpaired) electrons. The minimum Gasteiger partial charge on any atom is -0.495 e. The number of Topliss-reactive ketones (excluding diaryl/α,β-unsaturated/α-hetero) is 1. The first-order valence-corrected chi connectivity index (χ1v) is 12.8. The van der Waals surface area contributed by atoms with Crippen LogP contribution >= 0.6 is 23.2 Å². The molecule has 2 aromatic rings. The van der Waals surface area contributed by atoms with Crippen LogP contribution in [0.5, 0.6) is 5.75 Å². The third kappa shape index (κ3) is 4.49. The lowest BCUT2D eigenvalue weighted by Crippen LogP contribution is -2.48. The summed E-state index contributed by atoms with van der Waals surface area (Å²) in [6.07, 6.45) is 2.09. The van der Waals surface area contributed by atoms with E-state index in [9.17, 15) is 13.2 Å². The Bertz CT molecular complexity index is 1140. The molecule has 0 spiro atoms. The number of piperazine rings is 1. The summed E-state index contributed by atoms with van der Waals surface area (Å²) in [5, 5.41) is 0.969. The number of ether oxygens (including phenoxy) is 1. The third-order valence-electron chi connectivity index (χ3n) is 6.29. The van der Waals surface area contributed by atoms with Crippen molar-refractivity contribution in [3.63, 3.8) is 0 Å². The van der Waals surface area contributed by atoms with Gasteiger partial charge in [-0.2, -0.15) is 4.31 Å². The lowest BCUT2D eigenvalue weighted by Gasteiger charge is -2.35. The van der Waals surface area contributed by atoms with Gasteiger partial charge in [-0.25, -0.2) is 8.42 Å². The number of carbonyl (C=O) groups is 1. The van der Waals surface area contributed by atoms with E-state index in [1.165, 1.54) is 11.4 Å². The molecule has 0 aromatic heterocycles. The molecule has 2 aromatic carbocycles. The number of sulfonamides is 1. The molecule has 4 rings (SSSR count). The Morgan fingerprint density at radius 3 is 2.44 bits per heavy atom. The average Bonchev–Trinajstić information content (AvgIpc) is 3.16. The van der Waals surface area contributed by atoms with Crippen LogP contribution in [-0.2, 0) is 21.2 Å². The van der Waals surface area contributed by atoms with Gasteiger partial charge in [0, 0.05) is 38.3 Å². The van der Waals surface area contributed by atoms with E-state index in [-0.39, 0.29) is 16.6 Å². The van der Waals surface area contributed by atoms with Crippen LogP contribution in [0.15, 0.2) is 35.2 Å². The minimum absolute atomic E-state index is 0.128. The highest BCUT2D eigenvalue weighted by atomic mass is 35.5. The van der Waals surface area contributed by atoms with Crippen molar-refractivity contribution in [2.24, 2.45) is 0 Å². The van der Waals surface area contributed by atoms with E-state index in [1.807, 2.05) is 12.1 Å². The van der Waals surface area contributed by atoms with Crippen LogP contribution in [0.25, 0.3) is 0 Å². The van der Waals surface area contributed by atoms with Crippen molar-refractivity contribution in [1.82, 2.24) is 4.31 Å². The standard InChI is InChI=1S/C23H26Cl2N2O4S/c1-15(28)11-16-3-4-17-12-23(22(31-2)14-19(16)17)32(29,30)27-9-7-26(8-10-27)18-5-6-20(24)21(25)13-18/h5-6,12-14,16H,3-4,7-11H2,1-2H3. The van der Waals surface area contributed by atoms with E-state index in [0.29, 0.717) is 48.4 Å². The highest BCUT2D eigenvalue weighted by molar-refractivity contribution is 7.89. The predicted octanol–water partition coefficient (Wildman–Crippen LogP) is 4.52. The van der Waals surface area contributed by atoms with E-state index in [1.54, 1.807) is 25.1 Å². The van der Waals surface area contributed by atoms with Crippen molar-refractivity contribution in [2.75, 3.05) is 38.2 Å². The molecule has 1 unspecified atom stereocenters. The second-order valence-electron chi connectivity index (χ2n) is 8.33. The zero-order valence-corrected chi connectivity index (χ0v) is 20.4. The molecule has 0 N–H and O–H groups in total. The first-order chi connectivity index (χ1) is 15.2. The second kappa shape index (κ2) is 9.21. The van der Waals surface area contributed by atoms with Crippen molar-refractivity contribution in [2.45, 2.75) is 37.0 Å². The van der Waals surface area contributed by atoms with Crippen LogP contribution in [0.4, 0.5) is 5.69 Å². The maximum atomic E-state index is 13.5. The van der Waals surface area contributed by atoms with E-state index >= 15 is 0 Å². The Hall–Kier alpha value is -1.80. The molecule has 172 valence electrons. The maximum Gasteiger partial charge on any atom is 0.246 e. The number of rotatable bonds is 6. The molecule has 0 amide bonds. The summed E-state index contributed by atoms with van der Waals surface area (Å²) in [5.41, 5.74) is 2.94. The Kier molecular flexibility index (Phi) is 6.73. The van der Waals surface area contributed by atoms with Crippen LogP contribution in [0.3, 0.4) is 0 Å². The summed E-state index contributed by atoms with van der Waals surface area (Å²) in [5.74, 6) is 0.604. The van der Waals surface area contributed by atoms with Crippen molar-refractivity contribution < 1.29 is 17.9 Å². The van der Waals surface area contributed by atoms with Crippen LogP contribution in [0.1, 0.15) is 36.8 Å². The molecule has 1 fully saturated rings. The van der Waals surface area contributed by atoms with Crippen LogP contribution in [0.2, 0.25) is 10.0 Å². The van der Waals surface area contributed by atoms with Crippen LogP contribution in [-0.4, -0.2) is 51.8 Å². The zero-order valence-electron chi connectivity index (χ0n) is 18.1. The Morgan fingerprint density at radius 1 is 1.09 bits per heavy atom. The topological polar surface area (TPSA) is 66.9 Å². The van der Waals surface area contributed by atoms with Gasteiger partial charge in [-0.15, -0.1) is 0 Å². The summed E-state index contributed by atoms with van der Waals surface area (Å²) in [6, 6.07) is 9.00. The second-order valence-corrected chi connectivity index (χ2v) is 11.1. The summed E-state index contributed by atoms with van der Waals surface area (Å²) in [7, 11) is -2.24. The maximum absolute atomic E-state index is 13.5. The third-order valence-corrected chi connectivity index (χ3v) is 8.94. The van der Waals surface area contributed by atoms with Crippen molar-refractivity contribution >= 4 is 44.7 Å². The molecule has 1 aliphatic carbocycles. The smallest absolute Gasteiger partial charge is 0.246 e. The van der Waals surface area contributed by atoms with Gasteiger partial charge in [0.25, 0.3) is 0 Å². The summed E-state index contributed by atoms with van der Waals surface area (Å²) < 4.78 is 34.0. The lowest BCUT2D eigenvalue weighted by molar-refractivity contribution is -0.117. The van der Waals surface area contributed by atoms with E-state index in [2.05, 4.69) is 4.90 Å². The molecule has 1 heterocycles. The summed E-state index contributed by atoms with van der Waals surface area (Å²) in [6.45, 7) is 3.40. The monoisotopic (exact) mass is 496 g/mol. The number of methoxy groups -OCH3 is 1. The molecule has 1 atom stereocenters. The van der Waals surface area contributed by atoms with E-state index in [0.717, 1.165) is 29.7 Å². The molecular formula is C23H26Cl2N2O4S. The predicted molar refractivity (Wildman–Crippen MR) is 127 cm³/mol. The molecule has 1 saturated heterocycles. The molecule has 0 saturated carbocycles. The minimum atomic E-state index is -3.72. The number of carbonyl (C=O) groups excluding carboxylic acids is 1. The lowest BCUT2D eigenvalue weighted by atomic mass is 9.96. The number of anilines is 1. The number of benzene rings is 2. The molecular weight excluding hydrogens is 471 g/mol. The first-order valence-electron chi connectivity index (χ1n) is 10.6. The number of hydrogen-bond acceptors (Lipinski definition) is 5. The zero-order chi connectivity index (χ0) is 23.0. The van der Waals surface area contributed by atoms with Gasteiger partial charge in [-0.3, -0.25) is 0 Å². The van der Waals surface area contributed by atoms with E-state index in [4.69, 9.17) is 27.9 Å². The fourth-order valence-electron chi connectivity index (χ4n) is 4.63. The number of hydrogen-bond donors (Lipinski definition) is 0. The molecule has 6 nitrogen and oxygen atoms in total. The normalized spacial score (nSPS) is 19.1. The highest BCUT2D eigenvalue weighted by Gasteiger charge is 2.34. The Labute approximate surface area is 199 Å². The van der Waals surface area contributed by atoms with Gasteiger partial charge in [0.15, 0.2) is 0 Å². The van der Waals surface area contributed by atoms with Gasteiger partial charge in [0.05, 0.1) is 17.2 Å². The summed E-state index contributed by atoms with van der Waals surface area (Å²) in [4.78, 5) is 13.9. The SMILES string of the molecule is COc1cc2c(cc1S(=O)(=O)N1CCN(c3ccc(Cl)c(Cl)c3)CC1)CCC2CC(C)=O. The van der Waals surface area contributed by atoms with Crippen molar-refractivity contribution in [3.05, 3.63) is 51.5 Å². The summed E-state index contributed by atoms with van der Waals surface area (Å²) >= 11 is 12.1. The fraction of sp³-hybridized carbons (Fsp3) is 0.435. The highest BCUT2D eigenvalue weighted by Crippen LogP contribution is 2.41. The number of ketones is 1. The van der Waals surface area contributed by atoms with Gasteiger partial charge >= 0.3 is 0 Å². The molecule has 2 aliphatic rings. The first kappa shape index (κ1) is 23.4. The van der Waals surface area contributed by atoms with Crippen molar-refractivity contribution in [3.8, 4) is 5.75 Å². The molecule has 32 heavy (non-hydrogen) atoms. The van der Waals surface area contributed by atoms with Crippen LogP contribution < -0.4 is 9.64 Å². The van der Waals surface area contributed by atoms with E-state index < -0.39 is 10.0 Å². The van der Waals surface area contributed by atoms with Gasteiger partial charge in [-0.05, 0) is 67.1 Å². The van der Waals surface area contributed by atoms with Crippen LogP contribution in [0, 0.1) is 0 Å². The van der Waals surface area contributed by atoms with Crippen molar-refractivity contribution in [1.29, 1.82) is 0 Å². The fourth-order valence-corrected chi connectivity index (χ4v) is 6.53. The quantitative estimate of drug-likeness (QED) is 0.587. The largest absolute Gasteiger partial charge is 0.495 e. The molecule has 1 aliphatic heterocycles. The average molecular weight is 497 g/mol. The number of fused-ring (bicyclic) bond motifs is 1. The molecule has 0 bridgehead atoms. The Balaban J connectivity index is 1.55. The number of halogens is 2. The van der Waals surface area contributed by atoms with Gasteiger partial charge < -0.3 is 14.4 Å². The Morgan fingerprint density at radius 2 is 1.81 bits per heavy atom. The van der Waals surface area contributed by atoms with Gasteiger partial charge in [0.1, 0.15) is 16.4 Å². The number of nitrogens with zero attached hydrogens (tertiary/aromatic N) is 2. The van der Waals surface area contributed by atoms with Gasteiger partial charge in [0.2, 0.25) is 10.0 Å². The molecule has 9 heteroatoms. The number of aryl methyl sites for hydroxylation is 1. The van der Waals surface area contributed by atoms with Gasteiger partial charge in [-0.1, -0.05) is 23.2 Å².